The van der Waals surface area contributed by atoms with Gasteiger partial charge in [0, 0.05) is 31.6 Å². The standard InChI is InChI=1S/C13H18N4O2/c1-10(2)19-8-4-6-15-13(18)11-9-12-14-5-3-7-17(12)16-11/h3,5,7,9-10H,4,6,8H2,1-2H3,(H,15,18). The smallest absolute Gasteiger partial charge is 0.271 e. The average molecular weight is 262 g/mol. The molecule has 19 heavy (non-hydrogen) atoms. The van der Waals surface area contributed by atoms with Crippen LogP contribution in [0.4, 0.5) is 0 Å². The van der Waals surface area contributed by atoms with Gasteiger partial charge < -0.3 is 10.1 Å². The van der Waals surface area contributed by atoms with E-state index < -0.39 is 0 Å². The van der Waals surface area contributed by atoms with E-state index in [-0.39, 0.29) is 12.0 Å². The second-order valence-corrected chi connectivity index (χ2v) is 4.48. The molecule has 1 N–H and O–H groups in total. The fourth-order valence-electron chi connectivity index (χ4n) is 1.62. The van der Waals surface area contributed by atoms with Crippen molar-refractivity contribution in [3.05, 3.63) is 30.2 Å². The summed E-state index contributed by atoms with van der Waals surface area (Å²) < 4.78 is 6.98. The molecule has 0 aliphatic heterocycles. The van der Waals surface area contributed by atoms with Gasteiger partial charge in [0.1, 0.15) is 0 Å². The number of amides is 1. The lowest BCUT2D eigenvalue weighted by atomic mass is 10.3. The second-order valence-electron chi connectivity index (χ2n) is 4.48. The molecule has 0 aliphatic rings. The molecule has 0 aliphatic carbocycles. The molecule has 0 unspecified atom stereocenters. The van der Waals surface area contributed by atoms with Gasteiger partial charge in [0.2, 0.25) is 0 Å². The number of hydrogen-bond acceptors (Lipinski definition) is 4. The summed E-state index contributed by atoms with van der Waals surface area (Å²) in [5, 5.41) is 6.96. The van der Waals surface area contributed by atoms with Gasteiger partial charge in [-0.15, -0.1) is 0 Å². The van der Waals surface area contributed by atoms with Crippen molar-refractivity contribution in [3.8, 4) is 0 Å². The van der Waals surface area contributed by atoms with Gasteiger partial charge in [0.05, 0.1) is 6.10 Å². The van der Waals surface area contributed by atoms with Crippen molar-refractivity contribution < 1.29 is 9.53 Å². The van der Waals surface area contributed by atoms with Gasteiger partial charge in [-0.2, -0.15) is 5.10 Å². The molecule has 1 amide bonds. The summed E-state index contributed by atoms with van der Waals surface area (Å²) in [6, 6.07) is 3.44. The van der Waals surface area contributed by atoms with Crippen LogP contribution in [0.2, 0.25) is 0 Å². The van der Waals surface area contributed by atoms with Gasteiger partial charge in [-0.3, -0.25) is 4.79 Å². The van der Waals surface area contributed by atoms with Crippen molar-refractivity contribution in [2.45, 2.75) is 26.4 Å². The lowest BCUT2D eigenvalue weighted by molar-refractivity contribution is 0.0756. The molecule has 0 bridgehead atoms. The number of rotatable bonds is 6. The molecule has 2 heterocycles. The minimum Gasteiger partial charge on any atom is -0.379 e. The van der Waals surface area contributed by atoms with E-state index in [1.54, 1.807) is 29.0 Å². The molecule has 0 saturated carbocycles. The number of nitrogens with one attached hydrogen (secondary N) is 1. The SMILES string of the molecule is CC(C)OCCCNC(=O)c1cc2ncccn2n1. The van der Waals surface area contributed by atoms with Crippen LogP contribution in [0.15, 0.2) is 24.5 Å². The van der Waals surface area contributed by atoms with E-state index >= 15 is 0 Å². The fraction of sp³-hybridized carbons (Fsp3) is 0.462. The van der Waals surface area contributed by atoms with Gasteiger partial charge in [-0.1, -0.05) is 0 Å². The monoisotopic (exact) mass is 262 g/mol. The van der Waals surface area contributed by atoms with Crippen LogP contribution in [0.25, 0.3) is 5.65 Å². The topological polar surface area (TPSA) is 68.5 Å². The third-order valence-electron chi connectivity index (χ3n) is 2.53. The highest BCUT2D eigenvalue weighted by atomic mass is 16.5. The third-order valence-corrected chi connectivity index (χ3v) is 2.53. The fourth-order valence-corrected chi connectivity index (χ4v) is 1.62. The Morgan fingerprint density at radius 1 is 1.53 bits per heavy atom. The minimum atomic E-state index is -0.185. The molecule has 0 radical (unpaired) electrons. The first kappa shape index (κ1) is 13.5. The molecule has 102 valence electrons. The van der Waals surface area contributed by atoms with Crippen LogP contribution in [0, 0.1) is 0 Å². The molecule has 2 aromatic rings. The maximum absolute atomic E-state index is 11.9. The first-order valence-corrected chi connectivity index (χ1v) is 6.37. The van der Waals surface area contributed by atoms with E-state index in [1.165, 1.54) is 0 Å². The number of hydrogen-bond donors (Lipinski definition) is 1. The van der Waals surface area contributed by atoms with Crippen LogP contribution in [-0.4, -0.2) is 39.8 Å². The lowest BCUT2D eigenvalue weighted by Gasteiger charge is -2.07. The number of nitrogens with zero attached hydrogens (tertiary/aromatic N) is 3. The molecule has 2 rings (SSSR count). The van der Waals surface area contributed by atoms with Crippen molar-refractivity contribution in [2.24, 2.45) is 0 Å². The Morgan fingerprint density at radius 2 is 2.37 bits per heavy atom. The number of ether oxygens (including phenoxy) is 1. The summed E-state index contributed by atoms with van der Waals surface area (Å²) in [7, 11) is 0. The second kappa shape index (κ2) is 6.29. The zero-order valence-corrected chi connectivity index (χ0v) is 11.2. The van der Waals surface area contributed by atoms with Crippen molar-refractivity contribution in [3.63, 3.8) is 0 Å². The van der Waals surface area contributed by atoms with Crippen LogP contribution in [0.5, 0.6) is 0 Å². The number of carbonyl (C=O) groups is 1. The number of carbonyl (C=O) groups excluding carboxylic acids is 1. The quantitative estimate of drug-likeness (QED) is 0.796. The van der Waals surface area contributed by atoms with Gasteiger partial charge in [-0.05, 0) is 26.3 Å². The van der Waals surface area contributed by atoms with E-state index in [0.29, 0.717) is 24.5 Å². The highest BCUT2D eigenvalue weighted by Crippen LogP contribution is 2.02. The van der Waals surface area contributed by atoms with Crippen LogP contribution >= 0.6 is 0 Å². The van der Waals surface area contributed by atoms with E-state index in [0.717, 1.165) is 6.42 Å². The van der Waals surface area contributed by atoms with Crippen LogP contribution in [0.1, 0.15) is 30.8 Å². The van der Waals surface area contributed by atoms with Crippen molar-refractivity contribution >= 4 is 11.6 Å². The first-order valence-electron chi connectivity index (χ1n) is 6.37. The molecule has 0 aromatic carbocycles. The Balaban J connectivity index is 1.83. The highest BCUT2D eigenvalue weighted by molar-refractivity contribution is 5.93. The number of aromatic nitrogens is 3. The largest absolute Gasteiger partial charge is 0.379 e. The summed E-state index contributed by atoms with van der Waals surface area (Å²) in [6.07, 6.45) is 4.44. The van der Waals surface area contributed by atoms with E-state index in [1.807, 2.05) is 13.8 Å². The Bertz CT molecular complexity index is 517. The van der Waals surface area contributed by atoms with Crippen LogP contribution in [-0.2, 0) is 4.74 Å². The predicted octanol–water partition coefficient (Wildman–Crippen LogP) is 1.27. The average Bonchev–Trinajstić information content (AvgIpc) is 2.81. The summed E-state index contributed by atoms with van der Waals surface area (Å²) in [5.74, 6) is -0.185. The maximum atomic E-state index is 11.9. The zero-order valence-electron chi connectivity index (χ0n) is 11.2. The molecule has 0 spiro atoms. The van der Waals surface area contributed by atoms with Crippen molar-refractivity contribution in [1.82, 2.24) is 19.9 Å². The van der Waals surface area contributed by atoms with Gasteiger partial charge in [0.25, 0.3) is 5.91 Å². The Labute approximate surface area is 111 Å². The van der Waals surface area contributed by atoms with Gasteiger partial charge >= 0.3 is 0 Å². The first-order chi connectivity index (χ1) is 9.16. The van der Waals surface area contributed by atoms with Crippen LogP contribution < -0.4 is 5.32 Å². The van der Waals surface area contributed by atoms with Crippen LogP contribution in [0.3, 0.4) is 0 Å². The molecular formula is C13H18N4O2. The summed E-state index contributed by atoms with van der Waals surface area (Å²) in [4.78, 5) is 16.0. The molecule has 0 atom stereocenters. The molecule has 2 aromatic heterocycles. The van der Waals surface area contributed by atoms with Gasteiger partial charge in [0.15, 0.2) is 11.3 Å². The van der Waals surface area contributed by atoms with E-state index in [9.17, 15) is 4.79 Å². The van der Waals surface area contributed by atoms with E-state index in [4.69, 9.17) is 4.74 Å². The summed E-state index contributed by atoms with van der Waals surface area (Å²) >= 11 is 0. The maximum Gasteiger partial charge on any atom is 0.271 e. The molecule has 0 saturated heterocycles. The normalized spacial score (nSPS) is 11.1. The van der Waals surface area contributed by atoms with Gasteiger partial charge in [-0.25, -0.2) is 9.50 Å². The Kier molecular flexibility index (Phi) is 4.46. The predicted molar refractivity (Wildman–Crippen MR) is 71.0 cm³/mol. The molecule has 6 heteroatoms. The highest BCUT2D eigenvalue weighted by Gasteiger charge is 2.10. The van der Waals surface area contributed by atoms with Crippen molar-refractivity contribution in [2.75, 3.05) is 13.2 Å². The molecular weight excluding hydrogens is 244 g/mol. The molecule has 0 fully saturated rings. The third kappa shape index (κ3) is 3.75. The lowest BCUT2D eigenvalue weighted by Crippen LogP contribution is -2.26. The van der Waals surface area contributed by atoms with Crippen molar-refractivity contribution in [1.29, 1.82) is 0 Å². The van der Waals surface area contributed by atoms with E-state index in [2.05, 4.69) is 15.4 Å². The summed E-state index contributed by atoms with van der Waals surface area (Å²) in [5.41, 5.74) is 1.04. The Hall–Kier alpha value is -1.95. The Morgan fingerprint density at radius 3 is 3.11 bits per heavy atom. The minimum absolute atomic E-state index is 0.185. The zero-order chi connectivity index (χ0) is 13.7. The molecule has 6 nitrogen and oxygen atoms in total. The summed E-state index contributed by atoms with van der Waals surface area (Å²) in [6.45, 7) is 5.20. The number of fused-ring (bicyclic) bond motifs is 1.